The van der Waals surface area contributed by atoms with Crippen molar-refractivity contribution in [1.29, 1.82) is 0 Å². The summed E-state index contributed by atoms with van der Waals surface area (Å²) in [5, 5.41) is 6.86. The maximum Gasteiger partial charge on any atom is 0.313 e. The highest BCUT2D eigenvalue weighted by Crippen LogP contribution is 2.12. The molecule has 0 saturated carbocycles. The molecule has 0 aliphatic carbocycles. The van der Waals surface area contributed by atoms with E-state index in [-0.39, 0.29) is 18.0 Å². The Morgan fingerprint density at radius 2 is 1.63 bits per heavy atom. The fourth-order valence-corrected chi connectivity index (χ4v) is 2.36. The predicted molar refractivity (Wildman–Crippen MR) is 106 cm³/mol. The van der Waals surface area contributed by atoms with Crippen molar-refractivity contribution in [3.63, 3.8) is 0 Å². The Labute approximate surface area is 173 Å². The van der Waals surface area contributed by atoms with Gasteiger partial charge in [-0.2, -0.15) is 0 Å². The highest BCUT2D eigenvalue weighted by molar-refractivity contribution is 6.40. The Morgan fingerprint density at radius 1 is 1.00 bits per heavy atom. The first-order valence-electron chi connectivity index (χ1n) is 9.34. The van der Waals surface area contributed by atoms with Crippen LogP contribution in [0.2, 0.25) is 0 Å². The second kappa shape index (κ2) is 11.6. The molecule has 1 rings (SSSR count). The summed E-state index contributed by atoms with van der Waals surface area (Å²) in [5.74, 6) is -4.85. The Kier molecular flexibility index (Phi) is 9.60. The summed E-state index contributed by atoms with van der Waals surface area (Å²) < 4.78 is 18.2. The highest BCUT2D eigenvalue weighted by atomic mass is 19.1. The molecule has 0 unspecified atom stereocenters. The quantitative estimate of drug-likeness (QED) is 0.400. The maximum atomic E-state index is 13.6. The molecule has 10 heteroatoms. The van der Waals surface area contributed by atoms with Crippen molar-refractivity contribution in [3.05, 3.63) is 30.1 Å². The third-order valence-electron chi connectivity index (χ3n) is 3.92. The van der Waals surface area contributed by atoms with Gasteiger partial charge in [0.05, 0.1) is 11.7 Å². The molecule has 164 valence electrons. The number of benzene rings is 1. The first kappa shape index (κ1) is 24.7. The van der Waals surface area contributed by atoms with Crippen LogP contribution in [-0.2, 0) is 28.7 Å². The van der Waals surface area contributed by atoms with Crippen molar-refractivity contribution < 1.29 is 33.1 Å². The van der Waals surface area contributed by atoms with Gasteiger partial charge in [0.1, 0.15) is 11.9 Å². The number of ether oxygens (including phenoxy) is 1. The average Bonchev–Trinajstić information content (AvgIpc) is 2.66. The number of rotatable bonds is 9. The molecule has 0 heterocycles. The Morgan fingerprint density at radius 3 is 2.20 bits per heavy atom. The van der Waals surface area contributed by atoms with Gasteiger partial charge in [-0.1, -0.05) is 26.0 Å². The summed E-state index contributed by atoms with van der Waals surface area (Å²) in [6.07, 6.45) is 0.190. The lowest BCUT2D eigenvalue weighted by Gasteiger charge is -2.22. The van der Waals surface area contributed by atoms with Crippen LogP contribution in [0, 0.1) is 11.7 Å². The highest BCUT2D eigenvalue weighted by Gasteiger charge is 2.27. The largest absolute Gasteiger partial charge is 0.458 e. The lowest BCUT2D eigenvalue weighted by atomic mass is 10.0. The molecule has 0 aliphatic heterocycles. The predicted octanol–water partition coefficient (Wildman–Crippen LogP) is 0.932. The van der Waals surface area contributed by atoms with Crippen molar-refractivity contribution in [1.82, 2.24) is 10.6 Å². The van der Waals surface area contributed by atoms with Crippen LogP contribution < -0.4 is 16.0 Å². The van der Waals surface area contributed by atoms with E-state index in [1.165, 1.54) is 25.1 Å². The molecule has 0 spiro atoms. The van der Waals surface area contributed by atoms with Crippen molar-refractivity contribution >= 4 is 35.2 Å². The van der Waals surface area contributed by atoms with E-state index in [1.807, 2.05) is 0 Å². The zero-order valence-corrected chi connectivity index (χ0v) is 17.3. The van der Waals surface area contributed by atoms with Crippen LogP contribution >= 0.6 is 0 Å². The van der Waals surface area contributed by atoms with Crippen molar-refractivity contribution in [2.24, 2.45) is 5.92 Å². The van der Waals surface area contributed by atoms with Crippen LogP contribution in [-0.4, -0.2) is 48.2 Å². The smallest absolute Gasteiger partial charge is 0.313 e. The minimum Gasteiger partial charge on any atom is -0.458 e. The second-order valence-corrected chi connectivity index (χ2v) is 7.07. The third-order valence-corrected chi connectivity index (χ3v) is 3.92. The molecule has 1 aromatic rings. The van der Waals surface area contributed by atoms with E-state index in [0.29, 0.717) is 0 Å². The van der Waals surface area contributed by atoms with Gasteiger partial charge in [-0.3, -0.25) is 24.0 Å². The van der Waals surface area contributed by atoms with E-state index in [0.717, 1.165) is 13.0 Å². The molecule has 3 amide bonds. The fraction of sp³-hybridized carbons (Fsp3) is 0.450. The van der Waals surface area contributed by atoms with Gasteiger partial charge < -0.3 is 20.7 Å². The molecule has 2 atom stereocenters. The number of amides is 3. The number of Topliss-reactive ketones (excluding diaryl/α,β-unsaturated/α-hetero) is 1. The topological polar surface area (TPSA) is 131 Å². The first-order valence-corrected chi connectivity index (χ1v) is 9.34. The number of carbonyl (C=O) groups is 5. The van der Waals surface area contributed by atoms with Crippen LogP contribution in [0.3, 0.4) is 0 Å². The number of halogens is 1. The molecule has 0 aromatic heterocycles. The van der Waals surface area contributed by atoms with Crippen LogP contribution in [0.4, 0.5) is 10.1 Å². The van der Waals surface area contributed by atoms with Gasteiger partial charge in [-0.15, -0.1) is 0 Å². The van der Waals surface area contributed by atoms with Gasteiger partial charge in [-0.25, -0.2) is 4.39 Å². The third kappa shape index (κ3) is 8.38. The number of hydrogen-bond donors (Lipinski definition) is 3. The first-order chi connectivity index (χ1) is 14.0. The van der Waals surface area contributed by atoms with Gasteiger partial charge >= 0.3 is 17.8 Å². The summed E-state index contributed by atoms with van der Waals surface area (Å²) in [4.78, 5) is 59.5. The number of para-hydroxylation sites is 1. The fourth-order valence-electron chi connectivity index (χ4n) is 2.36. The monoisotopic (exact) mass is 423 g/mol. The van der Waals surface area contributed by atoms with Crippen LogP contribution in [0.5, 0.6) is 0 Å². The molecule has 0 saturated heterocycles. The van der Waals surface area contributed by atoms with Gasteiger partial charge in [0.2, 0.25) is 5.91 Å². The molecule has 0 radical (unpaired) electrons. The van der Waals surface area contributed by atoms with E-state index >= 15 is 0 Å². The lowest BCUT2D eigenvalue weighted by molar-refractivity contribution is -0.146. The van der Waals surface area contributed by atoms with Crippen LogP contribution in [0.15, 0.2) is 24.3 Å². The van der Waals surface area contributed by atoms with E-state index in [2.05, 4.69) is 20.7 Å². The molecule has 0 aliphatic rings. The maximum absolute atomic E-state index is 13.6. The van der Waals surface area contributed by atoms with E-state index in [1.54, 1.807) is 13.8 Å². The molecule has 0 bridgehead atoms. The molecular weight excluding hydrogens is 397 g/mol. The molecular formula is C20H26FN3O6. The summed E-state index contributed by atoms with van der Waals surface area (Å²) in [6, 6.07) is 3.24. The van der Waals surface area contributed by atoms with E-state index < -0.39 is 54.0 Å². The van der Waals surface area contributed by atoms with Crippen molar-refractivity contribution in [3.8, 4) is 0 Å². The molecule has 0 fully saturated rings. The van der Waals surface area contributed by atoms with Gasteiger partial charge in [0.15, 0.2) is 12.4 Å². The number of ketones is 1. The summed E-state index contributed by atoms with van der Waals surface area (Å²) >= 11 is 0. The minimum atomic E-state index is -1.14. The second-order valence-electron chi connectivity index (χ2n) is 7.07. The summed E-state index contributed by atoms with van der Waals surface area (Å²) in [7, 11) is 0. The van der Waals surface area contributed by atoms with Crippen molar-refractivity contribution in [2.45, 2.75) is 46.2 Å². The number of hydrogen-bond acceptors (Lipinski definition) is 6. The number of nitrogens with one attached hydrogen (secondary N) is 3. The number of esters is 1. The Balaban J connectivity index is 2.75. The Hall–Kier alpha value is -3.30. The lowest BCUT2D eigenvalue weighted by Crippen LogP contribution is -2.53. The van der Waals surface area contributed by atoms with Crippen molar-refractivity contribution in [2.75, 3.05) is 11.9 Å². The van der Waals surface area contributed by atoms with Crippen LogP contribution in [0.1, 0.15) is 34.1 Å². The standard InChI is InChI=1S/C20H26FN3O6/c1-11(2)9-16(18(27)22-12(3)17(26)10-30-13(4)25)24-20(29)19(28)23-15-8-6-5-7-14(15)21/h5-8,11-12,16H,9-10H2,1-4H3,(H,22,27)(H,23,28)(H,24,29)/t12-,16-/m0/s1. The zero-order chi connectivity index (χ0) is 22.8. The molecule has 1 aromatic carbocycles. The van der Waals surface area contributed by atoms with Gasteiger partial charge in [0, 0.05) is 6.92 Å². The van der Waals surface area contributed by atoms with Gasteiger partial charge in [-0.05, 0) is 31.4 Å². The van der Waals surface area contributed by atoms with Gasteiger partial charge in [0.25, 0.3) is 0 Å². The molecule has 3 N–H and O–H groups in total. The summed E-state index contributed by atoms with van der Waals surface area (Å²) in [5.41, 5.74) is -0.174. The van der Waals surface area contributed by atoms with Crippen LogP contribution in [0.25, 0.3) is 0 Å². The number of anilines is 1. The molecule has 9 nitrogen and oxygen atoms in total. The van der Waals surface area contributed by atoms with E-state index in [4.69, 9.17) is 0 Å². The molecule has 30 heavy (non-hydrogen) atoms. The number of carbonyl (C=O) groups excluding carboxylic acids is 5. The normalized spacial score (nSPS) is 12.5. The average molecular weight is 423 g/mol. The zero-order valence-electron chi connectivity index (χ0n) is 17.3. The minimum absolute atomic E-state index is 0.0252. The summed E-state index contributed by atoms with van der Waals surface area (Å²) in [6.45, 7) is 5.67. The Bertz CT molecular complexity index is 811. The van der Waals surface area contributed by atoms with E-state index in [9.17, 15) is 28.4 Å². The SMILES string of the molecule is CC(=O)OCC(=O)[C@H](C)NC(=O)[C@H](CC(C)C)NC(=O)C(=O)Nc1ccccc1F.